The number of benzene rings is 1. The second-order valence-corrected chi connectivity index (χ2v) is 5.68. The first-order valence-corrected chi connectivity index (χ1v) is 7.61. The molecule has 0 bridgehead atoms. The van der Waals surface area contributed by atoms with E-state index in [1.807, 2.05) is 12.1 Å². The van der Waals surface area contributed by atoms with Gasteiger partial charge in [0.25, 0.3) is 0 Å². The number of nitrogens with one attached hydrogen (secondary N) is 1. The number of piperazine rings is 1. The molecule has 0 spiro atoms. The first-order valence-electron chi connectivity index (χ1n) is 7.61. The molecule has 3 rings (SSSR count). The van der Waals surface area contributed by atoms with E-state index in [9.17, 15) is 4.79 Å². The van der Waals surface area contributed by atoms with Crippen LogP contribution in [-0.4, -0.2) is 61.4 Å². The summed E-state index contributed by atoms with van der Waals surface area (Å²) in [4.78, 5) is 17.1. The Bertz CT molecular complexity index is 492. The highest BCUT2D eigenvalue weighted by atomic mass is 16.1. The molecule has 2 aliphatic heterocycles. The first kappa shape index (κ1) is 13.6. The molecule has 1 aromatic rings. The Labute approximate surface area is 120 Å². The van der Waals surface area contributed by atoms with Crippen molar-refractivity contribution in [3.05, 3.63) is 29.3 Å². The smallest absolute Gasteiger partial charge is 0.176 e. The van der Waals surface area contributed by atoms with Crippen LogP contribution < -0.4 is 5.32 Å². The van der Waals surface area contributed by atoms with Crippen LogP contribution in [0.1, 0.15) is 22.8 Å². The van der Waals surface area contributed by atoms with Crippen molar-refractivity contribution in [3.8, 4) is 0 Å². The zero-order valence-electron chi connectivity index (χ0n) is 12.2. The fraction of sp³-hybridized carbons (Fsp3) is 0.562. The highest BCUT2D eigenvalue weighted by Gasteiger charge is 2.19. The van der Waals surface area contributed by atoms with Crippen LogP contribution in [0.15, 0.2) is 18.2 Å². The Morgan fingerprint density at radius 2 is 1.95 bits per heavy atom. The highest BCUT2D eigenvalue weighted by Crippen LogP contribution is 2.23. The van der Waals surface area contributed by atoms with E-state index in [-0.39, 0.29) is 5.78 Å². The Hall–Kier alpha value is -1.39. The van der Waals surface area contributed by atoms with Gasteiger partial charge in [-0.05, 0) is 36.7 Å². The molecule has 2 aliphatic rings. The first-order chi connectivity index (χ1) is 9.76. The Morgan fingerprint density at radius 3 is 2.70 bits per heavy atom. The van der Waals surface area contributed by atoms with E-state index < -0.39 is 0 Å². The molecule has 0 amide bonds. The Kier molecular flexibility index (Phi) is 4.03. The lowest BCUT2D eigenvalue weighted by atomic mass is 10.0. The van der Waals surface area contributed by atoms with E-state index >= 15 is 0 Å². The summed E-state index contributed by atoms with van der Waals surface area (Å²) >= 11 is 0. The minimum atomic E-state index is 0.254. The molecule has 1 aromatic carbocycles. The van der Waals surface area contributed by atoms with Gasteiger partial charge >= 0.3 is 0 Å². The van der Waals surface area contributed by atoms with Crippen LogP contribution in [0.4, 0.5) is 5.69 Å². The molecule has 20 heavy (non-hydrogen) atoms. The maximum Gasteiger partial charge on any atom is 0.176 e. The van der Waals surface area contributed by atoms with Gasteiger partial charge in [0.1, 0.15) is 0 Å². The van der Waals surface area contributed by atoms with Crippen LogP contribution >= 0.6 is 0 Å². The van der Waals surface area contributed by atoms with Crippen molar-refractivity contribution in [2.24, 2.45) is 0 Å². The molecule has 4 heteroatoms. The lowest BCUT2D eigenvalue weighted by Gasteiger charge is -2.33. The van der Waals surface area contributed by atoms with E-state index in [4.69, 9.17) is 0 Å². The minimum Gasteiger partial charge on any atom is -0.384 e. The monoisotopic (exact) mass is 273 g/mol. The third-order valence-corrected chi connectivity index (χ3v) is 4.42. The van der Waals surface area contributed by atoms with Gasteiger partial charge in [-0.2, -0.15) is 0 Å². The van der Waals surface area contributed by atoms with E-state index in [0.717, 1.165) is 51.3 Å². The summed E-state index contributed by atoms with van der Waals surface area (Å²) in [7, 11) is 0. The van der Waals surface area contributed by atoms with Crippen LogP contribution in [0.25, 0.3) is 0 Å². The molecule has 1 N–H and O–H groups in total. The average Bonchev–Trinajstić information content (AvgIpc) is 2.95. The number of hydrogen-bond acceptors (Lipinski definition) is 4. The standard InChI is InChI=1S/C16H23N3O/c1-2-18-7-9-19(10-8-18)12-16(20)14-3-4-15-13(11-14)5-6-17-15/h3-4,11,17H,2,5-10,12H2,1H3. The molecule has 0 atom stereocenters. The molecule has 0 aromatic heterocycles. The fourth-order valence-electron chi connectivity index (χ4n) is 3.04. The number of ketones is 1. The van der Waals surface area contributed by atoms with Crippen molar-refractivity contribution < 1.29 is 4.79 Å². The summed E-state index contributed by atoms with van der Waals surface area (Å²) in [5.41, 5.74) is 3.34. The largest absolute Gasteiger partial charge is 0.384 e. The van der Waals surface area contributed by atoms with E-state index in [1.54, 1.807) is 0 Å². The molecule has 0 saturated carbocycles. The van der Waals surface area contributed by atoms with Crippen molar-refractivity contribution in [1.82, 2.24) is 9.80 Å². The zero-order chi connectivity index (χ0) is 13.9. The summed E-state index contributed by atoms with van der Waals surface area (Å²) in [5, 5.41) is 3.33. The van der Waals surface area contributed by atoms with Crippen LogP contribution in [0.5, 0.6) is 0 Å². The number of anilines is 1. The van der Waals surface area contributed by atoms with E-state index in [1.165, 1.54) is 11.3 Å². The molecular formula is C16H23N3O. The third kappa shape index (κ3) is 2.86. The maximum atomic E-state index is 12.4. The van der Waals surface area contributed by atoms with Crippen LogP contribution in [0, 0.1) is 0 Å². The topological polar surface area (TPSA) is 35.6 Å². The van der Waals surface area contributed by atoms with Crippen molar-refractivity contribution in [1.29, 1.82) is 0 Å². The lowest BCUT2D eigenvalue weighted by molar-refractivity contribution is 0.0859. The van der Waals surface area contributed by atoms with Gasteiger partial charge < -0.3 is 10.2 Å². The number of carbonyl (C=O) groups excluding carboxylic acids is 1. The Morgan fingerprint density at radius 1 is 1.20 bits per heavy atom. The molecule has 2 heterocycles. The van der Waals surface area contributed by atoms with Gasteiger partial charge in [0, 0.05) is 44.0 Å². The number of likely N-dealkylation sites (N-methyl/N-ethyl adjacent to an activating group) is 1. The van der Waals surface area contributed by atoms with Crippen molar-refractivity contribution in [3.63, 3.8) is 0 Å². The van der Waals surface area contributed by atoms with Gasteiger partial charge in [-0.15, -0.1) is 0 Å². The number of fused-ring (bicyclic) bond motifs is 1. The van der Waals surface area contributed by atoms with E-state index in [2.05, 4.69) is 28.1 Å². The summed E-state index contributed by atoms with van der Waals surface area (Å²) in [6, 6.07) is 6.08. The van der Waals surface area contributed by atoms with Gasteiger partial charge in [-0.25, -0.2) is 0 Å². The fourth-order valence-corrected chi connectivity index (χ4v) is 3.04. The van der Waals surface area contributed by atoms with Gasteiger partial charge in [-0.3, -0.25) is 9.69 Å². The average molecular weight is 273 g/mol. The molecule has 1 saturated heterocycles. The molecular weight excluding hydrogens is 250 g/mol. The van der Waals surface area contributed by atoms with Gasteiger partial charge in [0.2, 0.25) is 0 Å². The van der Waals surface area contributed by atoms with Crippen LogP contribution in [-0.2, 0) is 6.42 Å². The quantitative estimate of drug-likeness (QED) is 0.843. The number of carbonyl (C=O) groups is 1. The van der Waals surface area contributed by atoms with E-state index in [0.29, 0.717) is 6.54 Å². The third-order valence-electron chi connectivity index (χ3n) is 4.42. The predicted molar refractivity (Wildman–Crippen MR) is 81.5 cm³/mol. The lowest BCUT2D eigenvalue weighted by Crippen LogP contribution is -2.47. The van der Waals surface area contributed by atoms with Crippen LogP contribution in [0.2, 0.25) is 0 Å². The SMILES string of the molecule is CCN1CCN(CC(=O)c2ccc3c(c2)CCN3)CC1. The number of nitrogens with zero attached hydrogens (tertiary/aromatic N) is 2. The maximum absolute atomic E-state index is 12.4. The van der Waals surface area contributed by atoms with Crippen molar-refractivity contribution >= 4 is 11.5 Å². The molecule has 0 radical (unpaired) electrons. The summed E-state index contributed by atoms with van der Waals surface area (Å²) in [6.07, 6.45) is 1.03. The normalized spacial score (nSPS) is 19.6. The Balaban J connectivity index is 1.59. The van der Waals surface area contributed by atoms with Gasteiger partial charge in [0.15, 0.2) is 5.78 Å². The molecule has 1 fully saturated rings. The molecule has 108 valence electrons. The molecule has 0 aliphatic carbocycles. The summed E-state index contributed by atoms with van der Waals surface area (Å²) < 4.78 is 0. The van der Waals surface area contributed by atoms with Gasteiger partial charge in [0.05, 0.1) is 6.54 Å². The second-order valence-electron chi connectivity index (χ2n) is 5.68. The summed E-state index contributed by atoms with van der Waals surface area (Å²) in [5.74, 6) is 0.254. The predicted octanol–water partition coefficient (Wildman–Crippen LogP) is 1.47. The number of Topliss-reactive ketones (excluding diaryl/α,β-unsaturated/α-hetero) is 1. The minimum absolute atomic E-state index is 0.254. The molecule has 4 nitrogen and oxygen atoms in total. The number of hydrogen-bond donors (Lipinski definition) is 1. The summed E-state index contributed by atoms with van der Waals surface area (Å²) in [6.45, 7) is 9.03. The molecule has 0 unspecified atom stereocenters. The zero-order valence-corrected chi connectivity index (χ0v) is 12.2. The number of rotatable bonds is 4. The highest BCUT2D eigenvalue weighted by molar-refractivity contribution is 5.98. The van der Waals surface area contributed by atoms with Crippen molar-refractivity contribution in [2.75, 3.05) is 51.1 Å². The van der Waals surface area contributed by atoms with Crippen molar-refractivity contribution in [2.45, 2.75) is 13.3 Å². The van der Waals surface area contributed by atoms with Crippen LogP contribution in [0.3, 0.4) is 0 Å². The van der Waals surface area contributed by atoms with Gasteiger partial charge in [-0.1, -0.05) is 6.92 Å². The second kappa shape index (κ2) is 5.94.